The zero-order valence-electron chi connectivity index (χ0n) is 12.6. The fraction of sp³-hybridized carbons (Fsp3) is 0.538. The summed E-state index contributed by atoms with van der Waals surface area (Å²) in [5, 5.41) is 0.300. The molecule has 0 atom stereocenters. The second kappa shape index (κ2) is 6.91. The summed E-state index contributed by atoms with van der Waals surface area (Å²) in [6.45, 7) is 1.50. The van der Waals surface area contributed by atoms with E-state index < -0.39 is 10.2 Å². The Labute approximate surface area is 135 Å². The van der Waals surface area contributed by atoms with Gasteiger partial charge in [0.1, 0.15) is 0 Å². The van der Waals surface area contributed by atoms with Gasteiger partial charge in [-0.15, -0.1) is 0 Å². The highest BCUT2D eigenvalue weighted by Gasteiger charge is 2.29. The average molecular weight is 347 g/mol. The highest BCUT2D eigenvalue weighted by atomic mass is 35.5. The van der Waals surface area contributed by atoms with Crippen LogP contribution in [0.15, 0.2) is 18.5 Å². The van der Waals surface area contributed by atoms with Crippen molar-refractivity contribution in [3.63, 3.8) is 0 Å². The third kappa shape index (κ3) is 3.57. The van der Waals surface area contributed by atoms with Crippen molar-refractivity contribution in [3.8, 4) is 0 Å². The van der Waals surface area contributed by atoms with Crippen LogP contribution in [0.4, 0.5) is 0 Å². The zero-order chi connectivity index (χ0) is 16.3. The Balaban J connectivity index is 2.11. The Morgan fingerprint density at radius 1 is 1.27 bits per heavy atom. The number of pyridine rings is 1. The summed E-state index contributed by atoms with van der Waals surface area (Å²) >= 11 is 6.00. The number of hydrogen-bond donors (Lipinski definition) is 0. The fourth-order valence-corrected chi connectivity index (χ4v) is 3.61. The number of aromatic nitrogens is 1. The number of nitrogens with zero attached hydrogens (tertiary/aromatic N) is 4. The third-order valence-corrected chi connectivity index (χ3v) is 5.77. The van der Waals surface area contributed by atoms with E-state index in [1.165, 1.54) is 35.1 Å². The van der Waals surface area contributed by atoms with Crippen molar-refractivity contribution in [2.24, 2.45) is 0 Å². The zero-order valence-corrected chi connectivity index (χ0v) is 14.1. The number of rotatable bonds is 3. The van der Waals surface area contributed by atoms with Gasteiger partial charge >= 0.3 is 0 Å². The van der Waals surface area contributed by atoms with Crippen molar-refractivity contribution in [2.45, 2.75) is 6.42 Å². The molecule has 0 radical (unpaired) electrons. The molecule has 0 aliphatic carbocycles. The molecule has 1 aliphatic heterocycles. The van der Waals surface area contributed by atoms with E-state index in [4.69, 9.17) is 11.6 Å². The van der Waals surface area contributed by atoms with E-state index in [1.54, 1.807) is 11.0 Å². The van der Waals surface area contributed by atoms with Crippen LogP contribution in [0.25, 0.3) is 0 Å². The minimum absolute atomic E-state index is 0.198. The number of hydrogen-bond acceptors (Lipinski definition) is 4. The third-order valence-electron chi connectivity index (χ3n) is 3.53. The first-order chi connectivity index (χ1) is 10.3. The number of carbonyl (C=O) groups is 1. The van der Waals surface area contributed by atoms with Crippen LogP contribution in [0.5, 0.6) is 0 Å². The monoisotopic (exact) mass is 346 g/mol. The molecule has 0 spiro atoms. The maximum absolute atomic E-state index is 12.5. The normalized spacial score (nSPS) is 17.5. The van der Waals surface area contributed by atoms with E-state index in [9.17, 15) is 13.2 Å². The van der Waals surface area contributed by atoms with Gasteiger partial charge in [0.05, 0.1) is 10.6 Å². The topological polar surface area (TPSA) is 73.8 Å². The second-order valence-corrected chi connectivity index (χ2v) is 7.74. The van der Waals surface area contributed by atoms with Crippen molar-refractivity contribution in [1.82, 2.24) is 18.5 Å². The lowest BCUT2D eigenvalue weighted by atomic mass is 10.2. The van der Waals surface area contributed by atoms with Crippen LogP contribution in [-0.4, -0.2) is 73.1 Å². The van der Waals surface area contributed by atoms with E-state index in [-0.39, 0.29) is 12.5 Å². The number of halogens is 1. The van der Waals surface area contributed by atoms with Crippen molar-refractivity contribution < 1.29 is 13.2 Å². The molecule has 22 heavy (non-hydrogen) atoms. The van der Waals surface area contributed by atoms with E-state index in [2.05, 4.69) is 4.98 Å². The minimum Gasteiger partial charge on any atom is -0.337 e. The molecule has 122 valence electrons. The quantitative estimate of drug-likeness (QED) is 0.807. The van der Waals surface area contributed by atoms with Gasteiger partial charge in [0, 0.05) is 52.7 Å². The highest BCUT2D eigenvalue weighted by molar-refractivity contribution is 7.86. The standard InChI is InChI=1S/C13H19ClN4O3S/c1-16(2)22(20,21)18-7-3-6-17(8-9-18)13(19)11-4-5-15-10-12(11)14/h4-5,10H,3,6-9H2,1-2H3. The molecule has 0 bridgehead atoms. The molecule has 0 N–H and O–H groups in total. The van der Waals surface area contributed by atoms with Crippen molar-refractivity contribution >= 4 is 27.7 Å². The van der Waals surface area contributed by atoms with Crippen LogP contribution in [0.3, 0.4) is 0 Å². The van der Waals surface area contributed by atoms with Crippen LogP contribution in [0, 0.1) is 0 Å². The van der Waals surface area contributed by atoms with Crippen molar-refractivity contribution in [1.29, 1.82) is 0 Å². The fourth-order valence-electron chi connectivity index (χ4n) is 2.28. The highest BCUT2D eigenvalue weighted by Crippen LogP contribution is 2.18. The van der Waals surface area contributed by atoms with Gasteiger partial charge in [0.15, 0.2) is 0 Å². The summed E-state index contributed by atoms with van der Waals surface area (Å²) in [6.07, 6.45) is 3.52. The van der Waals surface area contributed by atoms with Gasteiger partial charge in [0.25, 0.3) is 16.1 Å². The molecule has 2 heterocycles. The number of amides is 1. The van der Waals surface area contributed by atoms with Crippen LogP contribution in [-0.2, 0) is 10.2 Å². The molecule has 0 unspecified atom stereocenters. The molecule has 0 aromatic carbocycles. The smallest absolute Gasteiger partial charge is 0.281 e. The number of carbonyl (C=O) groups excluding carboxylic acids is 1. The van der Waals surface area contributed by atoms with E-state index in [1.807, 2.05) is 0 Å². The molecular formula is C13H19ClN4O3S. The van der Waals surface area contributed by atoms with E-state index in [0.29, 0.717) is 36.6 Å². The van der Waals surface area contributed by atoms with Crippen LogP contribution in [0.2, 0.25) is 5.02 Å². The molecule has 9 heteroatoms. The van der Waals surface area contributed by atoms with Crippen LogP contribution in [0.1, 0.15) is 16.8 Å². The lowest BCUT2D eigenvalue weighted by molar-refractivity contribution is 0.0764. The molecule has 1 aromatic heterocycles. The summed E-state index contributed by atoms with van der Waals surface area (Å²) in [5.41, 5.74) is 0.389. The lowest BCUT2D eigenvalue weighted by Crippen LogP contribution is -2.42. The van der Waals surface area contributed by atoms with Crippen molar-refractivity contribution in [2.75, 3.05) is 40.3 Å². The summed E-state index contributed by atoms with van der Waals surface area (Å²) in [5.74, 6) is -0.198. The molecule has 1 aliphatic rings. The van der Waals surface area contributed by atoms with Gasteiger partial charge in [-0.1, -0.05) is 11.6 Å². The molecule has 7 nitrogen and oxygen atoms in total. The average Bonchev–Trinajstić information content (AvgIpc) is 2.73. The SMILES string of the molecule is CN(C)S(=O)(=O)N1CCCN(C(=O)c2ccncc2Cl)CC1. The van der Waals surface area contributed by atoms with Crippen molar-refractivity contribution in [3.05, 3.63) is 29.0 Å². The molecular weight excluding hydrogens is 328 g/mol. The first-order valence-electron chi connectivity index (χ1n) is 6.90. The molecule has 1 fully saturated rings. The Kier molecular flexibility index (Phi) is 5.38. The summed E-state index contributed by atoms with van der Waals surface area (Å²) in [6, 6.07) is 1.57. The second-order valence-electron chi connectivity index (χ2n) is 5.19. The van der Waals surface area contributed by atoms with Gasteiger partial charge in [-0.2, -0.15) is 17.0 Å². The largest absolute Gasteiger partial charge is 0.337 e. The lowest BCUT2D eigenvalue weighted by Gasteiger charge is -2.24. The summed E-state index contributed by atoms with van der Waals surface area (Å²) in [4.78, 5) is 18.0. The van der Waals surface area contributed by atoms with E-state index >= 15 is 0 Å². The maximum Gasteiger partial charge on any atom is 0.281 e. The minimum atomic E-state index is -3.45. The predicted octanol–water partition coefficient (Wildman–Crippen LogP) is 0.689. The predicted molar refractivity (Wildman–Crippen MR) is 83.9 cm³/mol. The maximum atomic E-state index is 12.5. The van der Waals surface area contributed by atoms with Crippen LogP contribution < -0.4 is 0 Å². The Morgan fingerprint density at radius 3 is 2.64 bits per heavy atom. The molecule has 1 saturated heterocycles. The molecule has 0 saturated carbocycles. The van der Waals surface area contributed by atoms with Crippen LogP contribution >= 0.6 is 11.6 Å². The van der Waals surface area contributed by atoms with Gasteiger partial charge in [-0.25, -0.2) is 0 Å². The van der Waals surface area contributed by atoms with Gasteiger partial charge in [-0.05, 0) is 12.5 Å². The Morgan fingerprint density at radius 2 is 2.00 bits per heavy atom. The van der Waals surface area contributed by atoms with Gasteiger partial charge in [0.2, 0.25) is 0 Å². The molecule has 1 amide bonds. The van der Waals surface area contributed by atoms with Gasteiger partial charge in [-0.3, -0.25) is 9.78 Å². The first-order valence-corrected chi connectivity index (χ1v) is 8.68. The first kappa shape index (κ1) is 17.1. The summed E-state index contributed by atoms with van der Waals surface area (Å²) < 4.78 is 26.9. The molecule has 2 rings (SSSR count). The Hall–Kier alpha value is -1.22. The van der Waals surface area contributed by atoms with E-state index in [0.717, 1.165) is 0 Å². The Bertz CT molecular complexity index is 650. The summed E-state index contributed by atoms with van der Waals surface area (Å²) in [7, 11) is -0.453. The molecule has 1 aromatic rings. The van der Waals surface area contributed by atoms with Gasteiger partial charge < -0.3 is 4.90 Å².